The number of nitrogens with one attached hydrogen (secondary N) is 1. The highest BCUT2D eigenvalue weighted by molar-refractivity contribution is 5.86. The molecule has 0 aliphatic rings. The zero-order valence-corrected chi connectivity index (χ0v) is 15.3. The number of amides is 1. The second-order valence-corrected chi connectivity index (χ2v) is 5.62. The van der Waals surface area contributed by atoms with Crippen LogP contribution in [0.25, 0.3) is 0 Å². The van der Waals surface area contributed by atoms with Crippen LogP contribution in [0.5, 0.6) is 11.5 Å². The van der Waals surface area contributed by atoms with Crippen LogP contribution >= 0.6 is 0 Å². The van der Waals surface area contributed by atoms with Gasteiger partial charge in [0.2, 0.25) is 6.86 Å². The van der Waals surface area contributed by atoms with Crippen LogP contribution in [0.4, 0.5) is 14.9 Å². The van der Waals surface area contributed by atoms with Crippen molar-refractivity contribution in [2.24, 2.45) is 0 Å². The maximum absolute atomic E-state index is 12.2. The van der Waals surface area contributed by atoms with Gasteiger partial charge >= 0.3 is 6.09 Å². The summed E-state index contributed by atoms with van der Waals surface area (Å²) in [5.41, 5.74) is 3.38. The molecule has 0 atom stereocenters. The normalized spacial score (nSPS) is 10.3. The van der Waals surface area contributed by atoms with Gasteiger partial charge in [0.25, 0.3) is 0 Å². The number of rotatable bonds is 8. The molecule has 2 aromatic rings. The van der Waals surface area contributed by atoms with Gasteiger partial charge in [-0.2, -0.15) is 0 Å². The number of hydrogen-bond donors (Lipinski definition) is 1. The minimum Gasteiger partial charge on any atom is -0.493 e. The van der Waals surface area contributed by atoms with Gasteiger partial charge in [0.15, 0.2) is 0 Å². The largest absolute Gasteiger partial charge is 0.493 e. The van der Waals surface area contributed by atoms with Crippen molar-refractivity contribution in [1.82, 2.24) is 0 Å². The molecular weight excluding hydrogens is 337 g/mol. The van der Waals surface area contributed by atoms with Gasteiger partial charge in [-0.05, 0) is 49.6 Å². The van der Waals surface area contributed by atoms with Crippen LogP contribution in [-0.4, -0.2) is 19.6 Å². The molecule has 0 saturated heterocycles. The third-order valence-electron chi connectivity index (χ3n) is 3.87. The van der Waals surface area contributed by atoms with Crippen molar-refractivity contribution in [3.8, 4) is 11.5 Å². The van der Waals surface area contributed by atoms with E-state index in [1.807, 2.05) is 26.0 Å². The summed E-state index contributed by atoms with van der Waals surface area (Å²) in [4.78, 5) is 11.6. The Morgan fingerprint density at radius 3 is 2.58 bits per heavy atom. The number of hydrogen-bond acceptors (Lipinski definition) is 4. The molecule has 5 nitrogen and oxygen atoms in total. The Morgan fingerprint density at radius 2 is 1.92 bits per heavy atom. The summed E-state index contributed by atoms with van der Waals surface area (Å²) in [6, 6.07) is 11.3. The van der Waals surface area contributed by atoms with Gasteiger partial charge in [-0.1, -0.05) is 25.1 Å². The standard InChI is InChI=1S/C20H24FNO4/c1-4-15-9-10-18(14(3)11-15)25-12-16-17(22-20(23)26-13-21)7-6-8-19(16)24-5-2/h6-11H,4-5,12-13H2,1-3H3,(H,22,23). The van der Waals surface area contributed by atoms with E-state index in [4.69, 9.17) is 9.47 Å². The molecule has 0 heterocycles. The average Bonchev–Trinajstić information content (AvgIpc) is 2.62. The summed E-state index contributed by atoms with van der Waals surface area (Å²) < 4.78 is 28.1. The van der Waals surface area contributed by atoms with E-state index in [9.17, 15) is 9.18 Å². The van der Waals surface area contributed by atoms with Crippen molar-refractivity contribution in [1.29, 1.82) is 0 Å². The molecule has 0 aliphatic carbocycles. The number of alkyl halides is 1. The maximum Gasteiger partial charge on any atom is 0.413 e. The minimum atomic E-state index is -1.19. The molecule has 0 saturated carbocycles. The van der Waals surface area contributed by atoms with Crippen molar-refractivity contribution >= 4 is 11.8 Å². The lowest BCUT2D eigenvalue weighted by atomic mass is 10.1. The van der Waals surface area contributed by atoms with E-state index < -0.39 is 13.0 Å². The van der Waals surface area contributed by atoms with Gasteiger partial charge in [-0.3, -0.25) is 5.32 Å². The fraction of sp³-hybridized carbons (Fsp3) is 0.350. The molecule has 0 spiro atoms. The Hall–Kier alpha value is -2.76. The van der Waals surface area contributed by atoms with Crippen molar-refractivity contribution in [3.05, 3.63) is 53.1 Å². The van der Waals surface area contributed by atoms with E-state index in [0.29, 0.717) is 23.6 Å². The van der Waals surface area contributed by atoms with Crippen LogP contribution in [0.15, 0.2) is 36.4 Å². The highest BCUT2D eigenvalue weighted by atomic mass is 19.1. The number of carbonyl (C=O) groups is 1. The van der Waals surface area contributed by atoms with Crippen molar-refractivity contribution in [3.63, 3.8) is 0 Å². The lowest BCUT2D eigenvalue weighted by molar-refractivity contribution is 0.111. The second kappa shape index (κ2) is 9.65. The number of benzene rings is 2. The van der Waals surface area contributed by atoms with E-state index >= 15 is 0 Å². The van der Waals surface area contributed by atoms with Crippen LogP contribution in [0.2, 0.25) is 0 Å². The van der Waals surface area contributed by atoms with E-state index in [0.717, 1.165) is 17.7 Å². The van der Waals surface area contributed by atoms with E-state index in [1.165, 1.54) is 5.56 Å². The van der Waals surface area contributed by atoms with Crippen LogP contribution < -0.4 is 14.8 Å². The first kappa shape index (κ1) is 19.6. The molecule has 140 valence electrons. The second-order valence-electron chi connectivity index (χ2n) is 5.62. The third kappa shape index (κ3) is 5.12. The monoisotopic (exact) mass is 361 g/mol. The van der Waals surface area contributed by atoms with E-state index in [-0.39, 0.29) is 6.61 Å². The van der Waals surface area contributed by atoms with Crippen LogP contribution in [0.1, 0.15) is 30.5 Å². The molecule has 1 amide bonds. The van der Waals surface area contributed by atoms with Crippen molar-refractivity contribution in [2.45, 2.75) is 33.8 Å². The summed E-state index contributed by atoms with van der Waals surface area (Å²) in [6.07, 6.45) is 0.0878. The molecule has 26 heavy (non-hydrogen) atoms. The fourth-order valence-electron chi connectivity index (χ4n) is 2.56. The number of aryl methyl sites for hydroxylation is 2. The lowest BCUT2D eigenvalue weighted by Crippen LogP contribution is -2.15. The van der Waals surface area contributed by atoms with Crippen molar-refractivity contribution in [2.75, 3.05) is 18.8 Å². The number of halogens is 1. The summed E-state index contributed by atoms with van der Waals surface area (Å²) >= 11 is 0. The predicted molar refractivity (Wildman–Crippen MR) is 98.6 cm³/mol. The van der Waals surface area contributed by atoms with Gasteiger partial charge in [-0.15, -0.1) is 0 Å². The molecular formula is C20H24FNO4. The van der Waals surface area contributed by atoms with Crippen molar-refractivity contribution < 1.29 is 23.4 Å². The molecule has 6 heteroatoms. The number of carbonyl (C=O) groups excluding carboxylic acids is 1. The molecule has 1 N–H and O–H groups in total. The summed E-state index contributed by atoms with van der Waals surface area (Å²) in [6.45, 7) is 5.42. The Balaban J connectivity index is 2.23. The SMILES string of the molecule is CCOc1cccc(NC(=O)OCF)c1COc1ccc(CC)cc1C. The molecule has 2 rings (SSSR count). The van der Waals surface area contributed by atoms with Crippen LogP contribution in [0.3, 0.4) is 0 Å². The zero-order chi connectivity index (χ0) is 18.9. The summed E-state index contributed by atoms with van der Waals surface area (Å²) in [5.74, 6) is 1.35. The molecule has 0 fully saturated rings. The first-order valence-corrected chi connectivity index (χ1v) is 8.55. The average molecular weight is 361 g/mol. The van der Waals surface area contributed by atoms with E-state index in [1.54, 1.807) is 18.2 Å². The predicted octanol–water partition coefficient (Wildman–Crippen LogP) is 5.01. The summed E-state index contributed by atoms with van der Waals surface area (Å²) in [7, 11) is 0. The van der Waals surface area contributed by atoms with Crippen LogP contribution in [-0.2, 0) is 17.8 Å². The first-order chi connectivity index (χ1) is 12.6. The van der Waals surface area contributed by atoms with Gasteiger partial charge in [0.05, 0.1) is 17.9 Å². The maximum atomic E-state index is 12.2. The highest BCUT2D eigenvalue weighted by Gasteiger charge is 2.14. The lowest BCUT2D eigenvalue weighted by Gasteiger charge is -2.17. The number of anilines is 1. The Kier molecular flexibility index (Phi) is 7.26. The quantitative estimate of drug-likeness (QED) is 0.718. The topological polar surface area (TPSA) is 56.8 Å². The molecule has 0 aliphatic heterocycles. The van der Waals surface area contributed by atoms with E-state index in [2.05, 4.69) is 23.0 Å². The van der Waals surface area contributed by atoms with Gasteiger partial charge in [-0.25, -0.2) is 9.18 Å². The van der Waals surface area contributed by atoms with Crippen LogP contribution in [0, 0.1) is 6.92 Å². The summed E-state index contributed by atoms with van der Waals surface area (Å²) in [5, 5.41) is 2.52. The third-order valence-corrected chi connectivity index (χ3v) is 3.87. The van der Waals surface area contributed by atoms with Gasteiger partial charge in [0.1, 0.15) is 18.1 Å². The Bertz CT molecular complexity index is 749. The molecule has 0 unspecified atom stereocenters. The first-order valence-electron chi connectivity index (χ1n) is 8.55. The highest BCUT2D eigenvalue weighted by Crippen LogP contribution is 2.29. The van der Waals surface area contributed by atoms with Gasteiger partial charge in [0, 0.05) is 0 Å². The van der Waals surface area contributed by atoms with Gasteiger partial charge < -0.3 is 14.2 Å². The smallest absolute Gasteiger partial charge is 0.413 e. The number of ether oxygens (including phenoxy) is 3. The molecule has 0 aromatic heterocycles. The molecule has 0 bridgehead atoms. The Labute approximate surface area is 153 Å². The molecule has 2 aromatic carbocycles. The zero-order valence-electron chi connectivity index (χ0n) is 15.3. The Morgan fingerprint density at radius 1 is 1.12 bits per heavy atom. The molecule has 0 radical (unpaired) electrons. The fourth-order valence-corrected chi connectivity index (χ4v) is 2.56. The minimum absolute atomic E-state index is 0.188.